The van der Waals surface area contributed by atoms with Crippen LogP contribution in [-0.2, 0) is 4.74 Å². The van der Waals surface area contributed by atoms with Gasteiger partial charge >= 0.3 is 0 Å². The lowest BCUT2D eigenvalue weighted by Crippen LogP contribution is -2.40. The van der Waals surface area contributed by atoms with Gasteiger partial charge in [0.25, 0.3) is 5.91 Å². The Bertz CT molecular complexity index is 661. The van der Waals surface area contributed by atoms with Gasteiger partial charge in [0.05, 0.1) is 19.3 Å². The fraction of sp³-hybridized carbons (Fsp3) is 0.467. The predicted molar refractivity (Wildman–Crippen MR) is 80.4 cm³/mol. The molecule has 1 amide bonds. The largest absolute Gasteiger partial charge is 0.378 e. The van der Waals surface area contributed by atoms with E-state index in [4.69, 9.17) is 4.74 Å². The highest BCUT2D eigenvalue weighted by Gasteiger charge is 2.20. The molecule has 1 aromatic carbocycles. The zero-order valence-electron chi connectivity index (χ0n) is 12.8. The van der Waals surface area contributed by atoms with E-state index in [1.54, 1.807) is 4.68 Å². The Hall–Kier alpha value is -2.28. The minimum Gasteiger partial charge on any atom is -0.378 e. The standard InChI is InChI=1S/C15H19N5O2/c1-11(2)20-14(16-17-18-20)12-4-3-5-13(10-12)15(21)19-6-8-22-9-7-19/h3-5,10-11H,6-9H2,1-2H3. The third kappa shape index (κ3) is 2.85. The highest BCUT2D eigenvalue weighted by atomic mass is 16.5. The molecular formula is C15H19N5O2. The Kier molecular flexibility index (Phi) is 4.15. The molecule has 1 aromatic heterocycles. The van der Waals surface area contributed by atoms with Gasteiger partial charge in [-0.1, -0.05) is 12.1 Å². The molecular weight excluding hydrogens is 282 g/mol. The van der Waals surface area contributed by atoms with Crippen LogP contribution in [0.5, 0.6) is 0 Å². The second-order valence-corrected chi connectivity index (χ2v) is 5.53. The van der Waals surface area contributed by atoms with Crippen molar-refractivity contribution >= 4 is 5.91 Å². The van der Waals surface area contributed by atoms with Crippen LogP contribution in [0.2, 0.25) is 0 Å². The Balaban J connectivity index is 1.89. The first kappa shape index (κ1) is 14.6. The molecule has 0 saturated carbocycles. The van der Waals surface area contributed by atoms with Gasteiger partial charge in [-0.2, -0.15) is 0 Å². The van der Waals surface area contributed by atoms with Crippen LogP contribution in [0.4, 0.5) is 0 Å². The number of aromatic nitrogens is 4. The molecule has 0 bridgehead atoms. The van der Waals surface area contributed by atoms with Crippen LogP contribution in [0.25, 0.3) is 11.4 Å². The van der Waals surface area contributed by atoms with Gasteiger partial charge in [0.1, 0.15) is 0 Å². The maximum absolute atomic E-state index is 12.6. The first-order valence-corrected chi connectivity index (χ1v) is 7.42. The van der Waals surface area contributed by atoms with Gasteiger partial charge in [-0.15, -0.1) is 5.10 Å². The maximum atomic E-state index is 12.6. The molecule has 2 aromatic rings. The number of nitrogens with zero attached hydrogens (tertiary/aromatic N) is 5. The molecule has 1 saturated heterocycles. The van der Waals surface area contributed by atoms with Crippen LogP contribution >= 0.6 is 0 Å². The molecule has 22 heavy (non-hydrogen) atoms. The zero-order valence-corrected chi connectivity index (χ0v) is 12.8. The van der Waals surface area contributed by atoms with Crippen LogP contribution < -0.4 is 0 Å². The van der Waals surface area contributed by atoms with Gasteiger partial charge in [-0.05, 0) is 36.4 Å². The van der Waals surface area contributed by atoms with Gasteiger partial charge in [0.2, 0.25) is 0 Å². The van der Waals surface area contributed by atoms with Crippen molar-refractivity contribution in [1.82, 2.24) is 25.1 Å². The number of benzene rings is 1. The SMILES string of the molecule is CC(C)n1nnnc1-c1cccc(C(=O)N2CCOCC2)c1. The molecule has 116 valence electrons. The quantitative estimate of drug-likeness (QED) is 0.856. The van der Waals surface area contributed by atoms with Gasteiger partial charge < -0.3 is 9.64 Å². The topological polar surface area (TPSA) is 73.1 Å². The number of carbonyl (C=O) groups excluding carboxylic acids is 1. The fourth-order valence-corrected chi connectivity index (χ4v) is 2.47. The summed E-state index contributed by atoms with van der Waals surface area (Å²) in [6, 6.07) is 7.61. The lowest BCUT2D eigenvalue weighted by atomic mass is 10.1. The van der Waals surface area contributed by atoms with Crippen LogP contribution in [0.1, 0.15) is 30.2 Å². The number of hydrogen-bond acceptors (Lipinski definition) is 5. The van der Waals surface area contributed by atoms with Crippen LogP contribution in [-0.4, -0.2) is 57.3 Å². The smallest absolute Gasteiger partial charge is 0.254 e. The van der Waals surface area contributed by atoms with Crippen LogP contribution in [0.3, 0.4) is 0 Å². The van der Waals surface area contributed by atoms with E-state index in [9.17, 15) is 4.79 Å². The van der Waals surface area contributed by atoms with E-state index in [0.29, 0.717) is 37.7 Å². The summed E-state index contributed by atoms with van der Waals surface area (Å²) in [7, 11) is 0. The number of amides is 1. The van der Waals surface area contributed by atoms with Crippen molar-refractivity contribution in [2.75, 3.05) is 26.3 Å². The Labute approximate surface area is 128 Å². The van der Waals surface area contributed by atoms with Crippen LogP contribution in [0, 0.1) is 0 Å². The van der Waals surface area contributed by atoms with E-state index in [-0.39, 0.29) is 11.9 Å². The minimum absolute atomic E-state index is 0.0220. The molecule has 7 heteroatoms. The van der Waals surface area contributed by atoms with E-state index in [2.05, 4.69) is 15.5 Å². The van der Waals surface area contributed by atoms with Crippen molar-refractivity contribution in [3.8, 4) is 11.4 Å². The Morgan fingerprint density at radius 1 is 1.27 bits per heavy atom. The van der Waals surface area contributed by atoms with E-state index in [1.807, 2.05) is 43.0 Å². The van der Waals surface area contributed by atoms with E-state index < -0.39 is 0 Å². The summed E-state index contributed by atoms with van der Waals surface area (Å²) >= 11 is 0. The highest BCUT2D eigenvalue weighted by Crippen LogP contribution is 2.21. The van der Waals surface area contributed by atoms with Crippen molar-refractivity contribution in [1.29, 1.82) is 0 Å². The molecule has 7 nitrogen and oxygen atoms in total. The first-order chi connectivity index (χ1) is 10.7. The summed E-state index contributed by atoms with van der Waals surface area (Å²) in [4.78, 5) is 14.4. The van der Waals surface area contributed by atoms with Crippen molar-refractivity contribution in [2.24, 2.45) is 0 Å². The summed E-state index contributed by atoms with van der Waals surface area (Å²) in [6.07, 6.45) is 0. The average Bonchev–Trinajstić information content (AvgIpc) is 3.05. The second-order valence-electron chi connectivity index (χ2n) is 5.53. The third-order valence-corrected chi connectivity index (χ3v) is 3.65. The molecule has 0 radical (unpaired) electrons. The monoisotopic (exact) mass is 301 g/mol. The molecule has 1 aliphatic rings. The summed E-state index contributed by atoms with van der Waals surface area (Å²) in [5.74, 6) is 0.695. The molecule has 0 N–H and O–H groups in total. The molecule has 2 heterocycles. The van der Waals surface area contributed by atoms with Crippen molar-refractivity contribution in [3.63, 3.8) is 0 Å². The highest BCUT2D eigenvalue weighted by molar-refractivity contribution is 5.95. The second kappa shape index (κ2) is 6.23. The van der Waals surface area contributed by atoms with E-state index in [1.165, 1.54) is 0 Å². The summed E-state index contributed by atoms with van der Waals surface area (Å²) in [5.41, 5.74) is 1.50. The van der Waals surface area contributed by atoms with Crippen molar-refractivity contribution in [3.05, 3.63) is 29.8 Å². The first-order valence-electron chi connectivity index (χ1n) is 7.42. The lowest BCUT2D eigenvalue weighted by Gasteiger charge is -2.27. The summed E-state index contributed by atoms with van der Waals surface area (Å²) in [5, 5.41) is 11.8. The number of tetrazole rings is 1. The fourth-order valence-electron chi connectivity index (χ4n) is 2.47. The van der Waals surface area contributed by atoms with E-state index in [0.717, 1.165) is 5.56 Å². The molecule has 0 aliphatic carbocycles. The van der Waals surface area contributed by atoms with Crippen molar-refractivity contribution < 1.29 is 9.53 Å². The van der Waals surface area contributed by atoms with Gasteiger partial charge in [0.15, 0.2) is 5.82 Å². The van der Waals surface area contributed by atoms with E-state index >= 15 is 0 Å². The summed E-state index contributed by atoms with van der Waals surface area (Å²) < 4.78 is 7.04. The number of morpholine rings is 1. The Morgan fingerprint density at radius 3 is 2.77 bits per heavy atom. The molecule has 0 unspecified atom stereocenters. The summed E-state index contributed by atoms with van der Waals surface area (Å²) in [6.45, 7) is 6.48. The van der Waals surface area contributed by atoms with Crippen molar-refractivity contribution in [2.45, 2.75) is 19.9 Å². The van der Waals surface area contributed by atoms with Gasteiger partial charge in [-0.25, -0.2) is 4.68 Å². The van der Waals surface area contributed by atoms with Gasteiger partial charge in [-0.3, -0.25) is 4.79 Å². The van der Waals surface area contributed by atoms with Crippen LogP contribution in [0.15, 0.2) is 24.3 Å². The number of rotatable bonds is 3. The zero-order chi connectivity index (χ0) is 15.5. The lowest BCUT2D eigenvalue weighted by molar-refractivity contribution is 0.0303. The maximum Gasteiger partial charge on any atom is 0.254 e. The number of hydrogen-bond donors (Lipinski definition) is 0. The minimum atomic E-state index is 0.0220. The predicted octanol–water partition coefficient (Wildman–Crippen LogP) is 1.39. The molecule has 3 rings (SSSR count). The molecule has 1 fully saturated rings. The number of carbonyl (C=O) groups is 1. The molecule has 0 spiro atoms. The normalized spacial score (nSPS) is 15.3. The third-order valence-electron chi connectivity index (χ3n) is 3.65. The average molecular weight is 301 g/mol. The number of ether oxygens (including phenoxy) is 1. The van der Waals surface area contributed by atoms with Gasteiger partial charge in [0, 0.05) is 24.2 Å². The Morgan fingerprint density at radius 2 is 2.05 bits per heavy atom. The molecule has 1 aliphatic heterocycles. The molecule has 0 atom stereocenters.